The van der Waals surface area contributed by atoms with Gasteiger partial charge in [0.25, 0.3) is 0 Å². The van der Waals surface area contributed by atoms with Gasteiger partial charge < -0.3 is 14.4 Å². The summed E-state index contributed by atoms with van der Waals surface area (Å²) in [6, 6.07) is 0.102. The van der Waals surface area contributed by atoms with Crippen LogP contribution in [0.3, 0.4) is 0 Å². The molecular formula is C11H21NO3. The minimum Gasteiger partial charge on any atom is -0.444 e. The molecule has 1 fully saturated rings. The number of carbonyl (C=O) groups is 1. The lowest BCUT2D eigenvalue weighted by Gasteiger charge is -2.28. The summed E-state index contributed by atoms with van der Waals surface area (Å²) in [4.78, 5) is 13.5. The molecule has 1 aliphatic heterocycles. The first-order valence-electron chi connectivity index (χ1n) is 5.37. The Morgan fingerprint density at radius 3 is 2.40 bits per heavy atom. The van der Waals surface area contributed by atoms with E-state index in [4.69, 9.17) is 9.47 Å². The quantitative estimate of drug-likeness (QED) is 0.671. The normalized spacial score (nSPS) is 26.9. The van der Waals surface area contributed by atoms with Crippen LogP contribution in [-0.4, -0.2) is 42.4 Å². The van der Waals surface area contributed by atoms with Crippen LogP contribution in [0.2, 0.25) is 0 Å². The highest BCUT2D eigenvalue weighted by atomic mass is 16.6. The largest absolute Gasteiger partial charge is 0.444 e. The van der Waals surface area contributed by atoms with E-state index < -0.39 is 5.60 Å². The molecule has 1 heterocycles. The Morgan fingerprint density at radius 1 is 1.40 bits per heavy atom. The zero-order valence-electron chi connectivity index (χ0n) is 10.2. The fourth-order valence-electron chi connectivity index (χ4n) is 1.80. The highest BCUT2D eigenvalue weighted by molar-refractivity contribution is 5.69. The highest BCUT2D eigenvalue weighted by Gasteiger charge is 2.36. The van der Waals surface area contributed by atoms with E-state index in [1.807, 2.05) is 27.7 Å². The van der Waals surface area contributed by atoms with Crippen molar-refractivity contribution in [2.45, 2.75) is 51.9 Å². The smallest absolute Gasteiger partial charge is 0.410 e. The molecule has 0 aromatic heterocycles. The molecule has 15 heavy (non-hydrogen) atoms. The van der Waals surface area contributed by atoms with Gasteiger partial charge in [-0.2, -0.15) is 0 Å². The first-order chi connectivity index (χ1) is 6.85. The zero-order valence-corrected chi connectivity index (χ0v) is 10.2. The van der Waals surface area contributed by atoms with Crippen molar-refractivity contribution in [3.8, 4) is 0 Å². The molecular weight excluding hydrogens is 194 g/mol. The second kappa shape index (κ2) is 4.39. The molecule has 2 atom stereocenters. The maximum atomic E-state index is 11.8. The van der Waals surface area contributed by atoms with Crippen molar-refractivity contribution >= 4 is 6.09 Å². The molecule has 0 radical (unpaired) electrons. The summed E-state index contributed by atoms with van der Waals surface area (Å²) >= 11 is 0. The Bertz CT molecular complexity index is 234. The minimum atomic E-state index is -0.429. The van der Waals surface area contributed by atoms with Crippen LogP contribution in [0.15, 0.2) is 0 Å². The Kier molecular flexibility index (Phi) is 3.60. The molecule has 0 aromatic rings. The minimum absolute atomic E-state index is 0.102. The van der Waals surface area contributed by atoms with E-state index >= 15 is 0 Å². The SMILES string of the molecule is CO[C@@H]1CCN(C(=O)OC(C)(C)C)[C@H]1C. The summed E-state index contributed by atoms with van der Waals surface area (Å²) < 4.78 is 10.6. The predicted molar refractivity (Wildman–Crippen MR) is 57.8 cm³/mol. The van der Waals surface area contributed by atoms with Crippen LogP contribution in [0, 0.1) is 0 Å². The van der Waals surface area contributed by atoms with E-state index in [2.05, 4.69) is 0 Å². The summed E-state index contributed by atoms with van der Waals surface area (Å²) in [6.07, 6.45) is 0.781. The molecule has 88 valence electrons. The number of nitrogens with zero attached hydrogens (tertiary/aromatic N) is 1. The molecule has 0 saturated carbocycles. The van der Waals surface area contributed by atoms with Gasteiger partial charge in [0.05, 0.1) is 12.1 Å². The van der Waals surface area contributed by atoms with Gasteiger partial charge in [0.2, 0.25) is 0 Å². The Labute approximate surface area is 91.5 Å². The first kappa shape index (κ1) is 12.3. The van der Waals surface area contributed by atoms with Crippen LogP contribution in [0.5, 0.6) is 0 Å². The van der Waals surface area contributed by atoms with Gasteiger partial charge in [0.15, 0.2) is 0 Å². The number of amides is 1. The molecule has 0 aromatic carbocycles. The molecule has 0 bridgehead atoms. The fraction of sp³-hybridized carbons (Fsp3) is 0.909. The number of rotatable bonds is 1. The first-order valence-corrected chi connectivity index (χ1v) is 5.37. The third-order valence-electron chi connectivity index (χ3n) is 2.61. The summed E-state index contributed by atoms with van der Waals surface area (Å²) in [5.41, 5.74) is -0.429. The number of hydrogen-bond donors (Lipinski definition) is 0. The molecule has 1 rings (SSSR count). The summed E-state index contributed by atoms with van der Waals surface area (Å²) in [7, 11) is 1.68. The van der Waals surface area contributed by atoms with E-state index in [-0.39, 0.29) is 18.2 Å². The Morgan fingerprint density at radius 2 is 2.00 bits per heavy atom. The lowest BCUT2D eigenvalue weighted by atomic mass is 10.2. The van der Waals surface area contributed by atoms with E-state index in [0.29, 0.717) is 6.54 Å². The number of ether oxygens (including phenoxy) is 2. The van der Waals surface area contributed by atoms with Crippen LogP contribution in [0.1, 0.15) is 34.1 Å². The molecule has 0 spiro atoms. The standard InChI is InChI=1S/C11H21NO3/c1-8-9(14-5)6-7-12(8)10(13)15-11(2,3)4/h8-9H,6-7H2,1-5H3/t8-,9+/m0/s1. The van der Waals surface area contributed by atoms with Crippen molar-refractivity contribution in [1.82, 2.24) is 4.90 Å². The predicted octanol–water partition coefficient (Wildman–Crippen LogP) is 2.03. The fourth-order valence-corrected chi connectivity index (χ4v) is 1.80. The van der Waals surface area contributed by atoms with Gasteiger partial charge in [-0.25, -0.2) is 4.79 Å². The van der Waals surface area contributed by atoms with Crippen LogP contribution in [0.25, 0.3) is 0 Å². The molecule has 1 saturated heterocycles. The summed E-state index contributed by atoms with van der Waals surface area (Å²) in [6.45, 7) is 8.33. The Hall–Kier alpha value is -0.770. The van der Waals surface area contributed by atoms with E-state index in [9.17, 15) is 4.79 Å². The van der Waals surface area contributed by atoms with Gasteiger partial charge in [-0.05, 0) is 34.1 Å². The van der Waals surface area contributed by atoms with Crippen molar-refractivity contribution in [1.29, 1.82) is 0 Å². The van der Waals surface area contributed by atoms with Gasteiger partial charge in [0.1, 0.15) is 5.60 Å². The summed E-state index contributed by atoms with van der Waals surface area (Å²) in [5, 5.41) is 0. The van der Waals surface area contributed by atoms with E-state index in [0.717, 1.165) is 6.42 Å². The molecule has 0 N–H and O–H groups in total. The van der Waals surface area contributed by atoms with Crippen LogP contribution in [0.4, 0.5) is 4.79 Å². The summed E-state index contributed by atoms with van der Waals surface area (Å²) in [5.74, 6) is 0. The van der Waals surface area contributed by atoms with Crippen LogP contribution >= 0.6 is 0 Å². The lowest BCUT2D eigenvalue weighted by Crippen LogP contribution is -2.41. The van der Waals surface area contributed by atoms with Crippen molar-refractivity contribution < 1.29 is 14.3 Å². The zero-order chi connectivity index (χ0) is 11.6. The highest BCUT2D eigenvalue weighted by Crippen LogP contribution is 2.22. The molecule has 4 heteroatoms. The number of methoxy groups -OCH3 is 1. The van der Waals surface area contributed by atoms with Crippen molar-refractivity contribution in [3.05, 3.63) is 0 Å². The average Bonchev–Trinajstić information content (AvgIpc) is 2.43. The van der Waals surface area contributed by atoms with E-state index in [1.54, 1.807) is 12.0 Å². The molecule has 4 nitrogen and oxygen atoms in total. The van der Waals surface area contributed by atoms with Gasteiger partial charge in [-0.1, -0.05) is 0 Å². The molecule has 0 unspecified atom stereocenters. The molecule has 0 aliphatic carbocycles. The van der Waals surface area contributed by atoms with Crippen molar-refractivity contribution in [2.75, 3.05) is 13.7 Å². The molecule has 1 amide bonds. The number of carbonyl (C=O) groups excluding carboxylic acids is 1. The maximum absolute atomic E-state index is 11.8. The van der Waals surface area contributed by atoms with Crippen LogP contribution < -0.4 is 0 Å². The van der Waals surface area contributed by atoms with Crippen molar-refractivity contribution in [3.63, 3.8) is 0 Å². The third kappa shape index (κ3) is 3.09. The monoisotopic (exact) mass is 215 g/mol. The lowest BCUT2D eigenvalue weighted by molar-refractivity contribution is 0.0134. The topological polar surface area (TPSA) is 38.8 Å². The average molecular weight is 215 g/mol. The maximum Gasteiger partial charge on any atom is 0.410 e. The van der Waals surface area contributed by atoms with Gasteiger partial charge >= 0.3 is 6.09 Å². The second-order valence-corrected chi connectivity index (χ2v) is 4.98. The van der Waals surface area contributed by atoms with Gasteiger partial charge in [-0.3, -0.25) is 0 Å². The number of hydrogen-bond acceptors (Lipinski definition) is 3. The van der Waals surface area contributed by atoms with E-state index in [1.165, 1.54) is 0 Å². The Balaban J connectivity index is 2.55. The van der Waals surface area contributed by atoms with Crippen molar-refractivity contribution in [2.24, 2.45) is 0 Å². The molecule has 1 aliphatic rings. The van der Waals surface area contributed by atoms with Gasteiger partial charge in [-0.15, -0.1) is 0 Å². The third-order valence-corrected chi connectivity index (χ3v) is 2.61. The second-order valence-electron chi connectivity index (χ2n) is 4.98. The van der Waals surface area contributed by atoms with Crippen LogP contribution in [-0.2, 0) is 9.47 Å². The van der Waals surface area contributed by atoms with Gasteiger partial charge in [0, 0.05) is 13.7 Å². The number of likely N-dealkylation sites (tertiary alicyclic amines) is 1.